The average molecular weight is 299 g/mol. The van der Waals surface area contributed by atoms with Gasteiger partial charge in [-0.2, -0.15) is 0 Å². The number of nitro benzene ring substituents is 1. The molecule has 0 aliphatic heterocycles. The quantitative estimate of drug-likeness (QED) is 0.641. The SMILES string of the molecule is CN(CCNC(=O)c1cc(F)c(F)cc1[N+](=O)[O-])C1CC1. The number of carbonyl (C=O) groups is 1. The Morgan fingerprint density at radius 3 is 2.62 bits per heavy atom. The van der Waals surface area contributed by atoms with Crippen molar-refractivity contribution in [2.75, 3.05) is 20.1 Å². The number of hydrogen-bond acceptors (Lipinski definition) is 4. The van der Waals surface area contributed by atoms with Crippen molar-refractivity contribution >= 4 is 11.6 Å². The summed E-state index contributed by atoms with van der Waals surface area (Å²) in [6, 6.07) is 1.49. The van der Waals surface area contributed by atoms with Gasteiger partial charge in [0.2, 0.25) is 0 Å². The van der Waals surface area contributed by atoms with E-state index in [2.05, 4.69) is 10.2 Å². The molecule has 114 valence electrons. The molecule has 1 N–H and O–H groups in total. The Morgan fingerprint density at radius 2 is 2.05 bits per heavy atom. The first-order chi connectivity index (χ1) is 9.90. The molecule has 0 spiro atoms. The van der Waals surface area contributed by atoms with Gasteiger partial charge in [0.25, 0.3) is 11.6 Å². The monoisotopic (exact) mass is 299 g/mol. The molecule has 21 heavy (non-hydrogen) atoms. The lowest BCUT2D eigenvalue weighted by Gasteiger charge is -2.15. The zero-order valence-electron chi connectivity index (χ0n) is 11.4. The molecule has 1 amide bonds. The van der Waals surface area contributed by atoms with Gasteiger partial charge in [-0.05, 0) is 26.0 Å². The highest BCUT2D eigenvalue weighted by atomic mass is 19.2. The molecule has 6 nitrogen and oxygen atoms in total. The van der Waals surface area contributed by atoms with Gasteiger partial charge in [0.05, 0.1) is 11.0 Å². The van der Waals surface area contributed by atoms with Crippen molar-refractivity contribution in [1.29, 1.82) is 0 Å². The van der Waals surface area contributed by atoms with Crippen molar-refractivity contribution in [1.82, 2.24) is 10.2 Å². The van der Waals surface area contributed by atoms with Crippen LogP contribution in [0.25, 0.3) is 0 Å². The van der Waals surface area contributed by atoms with Crippen molar-refractivity contribution < 1.29 is 18.5 Å². The fourth-order valence-corrected chi connectivity index (χ4v) is 2.01. The van der Waals surface area contributed by atoms with Gasteiger partial charge in [-0.25, -0.2) is 8.78 Å². The Balaban J connectivity index is 2.03. The molecular weight excluding hydrogens is 284 g/mol. The summed E-state index contributed by atoms with van der Waals surface area (Å²) in [5.74, 6) is -3.43. The normalized spacial score (nSPS) is 14.3. The summed E-state index contributed by atoms with van der Waals surface area (Å²) >= 11 is 0. The molecule has 0 unspecified atom stereocenters. The zero-order valence-corrected chi connectivity index (χ0v) is 11.4. The topological polar surface area (TPSA) is 75.5 Å². The van der Waals surface area contributed by atoms with Gasteiger partial charge >= 0.3 is 0 Å². The molecule has 0 bridgehead atoms. The number of benzene rings is 1. The molecule has 0 aromatic heterocycles. The van der Waals surface area contributed by atoms with E-state index >= 15 is 0 Å². The van der Waals surface area contributed by atoms with E-state index in [1.54, 1.807) is 0 Å². The van der Waals surface area contributed by atoms with Crippen LogP contribution in [0.3, 0.4) is 0 Å². The molecule has 1 fully saturated rings. The Hall–Kier alpha value is -2.09. The van der Waals surface area contributed by atoms with Crippen LogP contribution in [0, 0.1) is 21.7 Å². The molecule has 1 aromatic rings. The maximum absolute atomic E-state index is 13.2. The van der Waals surface area contributed by atoms with Crippen molar-refractivity contribution in [3.05, 3.63) is 39.4 Å². The predicted octanol–water partition coefficient (Wildman–Crippen LogP) is 1.70. The van der Waals surface area contributed by atoms with Crippen LogP contribution in [0.2, 0.25) is 0 Å². The number of nitrogens with zero attached hydrogens (tertiary/aromatic N) is 2. The molecule has 0 radical (unpaired) electrons. The van der Waals surface area contributed by atoms with E-state index in [4.69, 9.17) is 0 Å². The molecule has 1 aliphatic carbocycles. The Bertz CT molecular complexity index is 576. The number of likely N-dealkylation sites (N-methyl/N-ethyl adjacent to an activating group) is 1. The lowest BCUT2D eigenvalue weighted by Crippen LogP contribution is -2.34. The van der Waals surface area contributed by atoms with Gasteiger partial charge in [-0.1, -0.05) is 0 Å². The number of nitrogens with one attached hydrogen (secondary N) is 1. The van der Waals surface area contributed by atoms with E-state index in [-0.39, 0.29) is 6.54 Å². The standard InChI is InChI=1S/C13H15F2N3O3/c1-17(8-2-3-8)5-4-16-13(19)9-6-10(14)11(15)7-12(9)18(20)21/h6-8H,2-5H2,1H3,(H,16,19). The van der Waals surface area contributed by atoms with Crippen LogP contribution < -0.4 is 5.32 Å². The molecular formula is C13H15F2N3O3. The summed E-state index contributed by atoms with van der Waals surface area (Å²) < 4.78 is 26.2. The minimum Gasteiger partial charge on any atom is -0.351 e. The molecule has 8 heteroatoms. The van der Waals surface area contributed by atoms with E-state index in [1.165, 1.54) is 0 Å². The second-order valence-corrected chi connectivity index (χ2v) is 5.01. The zero-order chi connectivity index (χ0) is 15.6. The summed E-state index contributed by atoms with van der Waals surface area (Å²) in [4.78, 5) is 23.8. The fraction of sp³-hybridized carbons (Fsp3) is 0.462. The smallest absolute Gasteiger partial charge is 0.285 e. The minimum atomic E-state index is -1.35. The van der Waals surface area contributed by atoms with E-state index in [1.807, 2.05) is 7.05 Å². The summed E-state index contributed by atoms with van der Waals surface area (Å²) in [5, 5.41) is 13.3. The first kappa shape index (κ1) is 15.3. The highest BCUT2D eigenvalue weighted by Gasteiger charge is 2.26. The third kappa shape index (κ3) is 3.72. The number of halogens is 2. The molecule has 0 atom stereocenters. The first-order valence-electron chi connectivity index (χ1n) is 6.52. The highest BCUT2D eigenvalue weighted by molar-refractivity contribution is 5.98. The van der Waals surface area contributed by atoms with Crippen LogP contribution in [0.5, 0.6) is 0 Å². The molecule has 1 aliphatic rings. The summed E-state index contributed by atoms with van der Waals surface area (Å²) in [7, 11) is 1.92. The van der Waals surface area contributed by atoms with Gasteiger partial charge in [0.15, 0.2) is 11.6 Å². The van der Waals surface area contributed by atoms with Crippen molar-refractivity contribution in [2.45, 2.75) is 18.9 Å². The van der Waals surface area contributed by atoms with Crippen LogP contribution in [0.4, 0.5) is 14.5 Å². The van der Waals surface area contributed by atoms with Gasteiger partial charge in [-0.3, -0.25) is 14.9 Å². The number of nitro groups is 1. The van der Waals surface area contributed by atoms with Crippen molar-refractivity contribution in [3.8, 4) is 0 Å². The third-order valence-corrected chi connectivity index (χ3v) is 3.40. The lowest BCUT2D eigenvalue weighted by atomic mass is 10.1. The largest absolute Gasteiger partial charge is 0.351 e. The van der Waals surface area contributed by atoms with Crippen LogP contribution in [-0.2, 0) is 0 Å². The summed E-state index contributed by atoms with van der Waals surface area (Å²) in [5.41, 5.74) is -1.23. The van der Waals surface area contributed by atoms with Crippen LogP contribution in [0.1, 0.15) is 23.2 Å². The second-order valence-electron chi connectivity index (χ2n) is 5.01. The van der Waals surface area contributed by atoms with E-state index in [0.29, 0.717) is 24.7 Å². The Morgan fingerprint density at radius 1 is 1.43 bits per heavy atom. The summed E-state index contributed by atoms with van der Waals surface area (Å²) in [6.07, 6.45) is 2.25. The molecule has 0 heterocycles. The van der Waals surface area contributed by atoms with Gasteiger partial charge < -0.3 is 10.2 Å². The molecule has 1 saturated carbocycles. The summed E-state index contributed by atoms with van der Waals surface area (Å²) in [6.45, 7) is 0.871. The number of rotatable bonds is 6. The molecule has 2 rings (SSSR count). The second kappa shape index (κ2) is 6.13. The molecule has 1 aromatic carbocycles. The minimum absolute atomic E-state index is 0.280. The average Bonchev–Trinajstić information content (AvgIpc) is 3.25. The van der Waals surface area contributed by atoms with Gasteiger partial charge in [0, 0.05) is 19.1 Å². The maximum atomic E-state index is 13.2. The third-order valence-electron chi connectivity index (χ3n) is 3.40. The van der Waals surface area contributed by atoms with Crippen molar-refractivity contribution in [3.63, 3.8) is 0 Å². The molecule has 0 saturated heterocycles. The van der Waals surface area contributed by atoms with E-state index in [0.717, 1.165) is 12.8 Å². The maximum Gasteiger partial charge on any atom is 0.285 e. The number of amides is 1. The van der Waals surface area contributed by atoms with Crippen molar-refractivity contribution in [2.24, 2.45) is 0 Å². The van der Waals surface area contributed by atoms with Crippen LogP contribution >= 0.6 is 0 Å². The van der Waals surface area contributed by atoms with E-state index < -0.39 is 33.7 Å². The van der Waals surface area contributed by atoms with Gasteiger partial charge in [0.1, 0.15) is 5.56 Å². The Labute approximate surface area is 119 Å². The predicted molar refractivity (Wildman–Crippen MR) is 71.0 cm³/mol. The lowest BCUT2D eigenvalue weighted by molar-refractivity contribution is -0.385. The van der Waals surface area contributed by atoms with Crippen LogP contribution in [0.15, 0.2) is 12.1 Å². The first-order valence-corrected chi connectivity index (χ1v) is 6.52. The highest BCUT2D eigenvalue weighted by Crippen LogP contribution is 2.25. The fourth-order valence-electron chi connectivity index (χ4n) is 2.01. The van der Waals surface area contributed by atoms with Crippen LogP contribution in [-0.4, -0.2) is 41.9 Å². The van der Waals surface area contributed by atoms with Gasteiger partial charge in [-0.15, -0.1) is 0 Å². The Kier molecular flexibility index (Phi) is 4.46. The van der Waals surface area contributed by atoms with E-state index in [9.17, 15) is 23.7 Å². The number of hydrogen-bond donors (Lipinski definition) is 1. The number of carbonyl (C=O) groups excluding carboxylic acids is 1.